The van der Waals surface area contributed by atoms with Crippen LogP contribution in [0.2, 0.25) is 4.34 Å². The summed E-state index contributed by atoms with van der Waals surface area (Å²) in [7, 11) is -1.75. The van der Waals surface area contributed by atoms with Crippen LogP contribution in [0.3, 0.4) is 0 Å². The lowest BCUT2D eigenvalue weighted by Gasteiger charge is -2.07. The van der Waals surface area contributed by atoms with Crippen molar-refractivity contribution in [2.75, 3.05) is 17.1 Å². The van der Waals surface area contributed by atoms with Crippen molar-refractivity contribution < 1.29 is 8.42 Å². The summed E-state index contributed by atoms with van der Waals surface area (Å²) < 4.78 is 27.1. The zero-order valence-electron chi connectivity index (χ0n) is 9.48. The van der Waals surface area contributed by atoms with Gasteiger partial charge in [0.25, 0.3) is 10.0 Å². The van der Waals surface area contributed by atoms with Crippen LogP contribution in [-0.2, 0) is 10.0 Å². The first kappa shape index (κ1) is 13.2. The lowest BCUT2D eigenvalue weighted by atomic mass is 10.3. The van der Waals surface area contributed by atoms with E-state index in [-0.39, 0.29) is 4.21 Å². The summed E-state index contributed by atoms with van der Waals surface area (Å²) in [6.07, 6.45) is 0. The summed E-state index contributed by atoms with van der Waals surface area (Å²) in [5.41, 5.74) is 1.43. The van der Waals surface area contributed by atoms with Crippen molar-refractivity contribution in [3.63, 3.8) is 0 Å². The van der Waals surface area contributed by atoms with Gasteiger partial charge in [0, 0.05) is 18.4 Å². The highest BCUT2D eigenvalue weighted by molar-refractivity contribution is 7.94. The first-order valence-corrected chi connectivity index (χ1v) is 7.75. The summed E-state index contributed by atoms with van der Waals surface area (Å²) in [5, 5.41) is 2.96. The smallest absolute Gasteiger partial charge is 0.271 e. The molecule has 1 aromatic carbocycles. The maximum Gasteiger partial charge on any atom is 0.271 e. The molecule has 2 rings (SSSR count). The first-order valence-electron chi connectivity index (χ1n) is 5.07. The number of anilines is 2. The third kappa shape index (κ3) is 2.95. The Morgan fingerprint density at radius 3 is 2.17 bits per heavy atom. The summed E-state index contributed by atoms with van der Waals surface area (Å²) in [4.78, 5) is 0. The topological polar surface area (TPSA) is 58.2 Å². The summed E-state index contributed by atoms with van der Waals surface area (Å²) in [5.74, 6) is 0. The van der Waals surface area contributed by atoms with Crippen LogP contribution in [0.4, 0.5) is 11.4 Å². The van der Waals surface area contributed by atoms with Gasteiger partial charge in [0.2, 0.25) is 0 Å². The van der Waals surface area contributed by atoms with Crippen LogP contribution in [-0.4, -0.2) is 15.5 Å². The van der Waals surface area contributed by atoms with Crippen molar-refractivity contribution in [1.82, 2.24) is 0 Å². The Hall–Kier alpha value is -1.24. The van der Waals surface area contributed by atoms with Gasteiger partial charge in [0.05, 0.1) is 4.34 Å². The number of sulfonamides is 1. The molecule has 0 atom stereocenters. The quantitative estimate of drug-likeness (QED) is 0.911. The fourth-order valence-electron chi connectivity index (χ4n) is 1.35. The third-order valence-corrected chi connectivity index (χ3v) is 5.34. The molecule has 4 nitrogen and oxygen atoms in total. The van der Waals surface area contributed by atoms with E-state index in [9.17, 15) is 8.42 Å². The van der Waals surface area contributed by atoms with Gasteiger partial charge < -0.3 is 5.32 Å². The molecule has 0 fully saturated rings. The molecule has 0 saturated carbocycles. The minimum Gasteiger partial charge on any atom is -0.388 e. The summed E-state index contributed by atoms with van der Waals surface area (Å²) in [6, 6.07) is 10.0. The van der Waals surface area contributed by atoms with Gasteiger partial charge in [-0.3, -0.25) is 4.72 Å². The Morgan fingerprint density at radius 1 is 1.06 bits per heavy atom. The maximum atomic E-state index is 12.0. The van der Waals surface area contributed by atoms with Crippen LogP contribution in [0.1, 0.15) is 0 Å². The molecule has 0 bridgehead atoms. The number of hydrogen-bond donors (Lipinski definition) is 2. The number of rotatable bonds is 4. The first-order chi connectivity index (χ1) is 8.51. The molecule has 2 aromatic rings. The SMILES string of the molecule is CNc1ccc(NS(=O)(=O)c2ccc(Cl)s2)cc1. The molecule has 0 amide bonds. The van der Waals surface area contributed by atoms with Crippen LogP contribution in [0.15, 0.2) is 40.6 Å². The highest BCUT2D eigenvalue weighted by Crippen LogP contribution is 2.27. The molecule has 0 aliphatic carbocycles. The Balaban J connectivity index is 2.22. The fourth-order valence-corrected chi connectivity index (χ4v) is 3.89. The number of halogens is 1. The predicted octanol–water partition coefficient (Wildman–Crippen LogP) is 3.24. The molecule has 0 saturated heterocycles. The van der Waals surface area contributed by atoms with Gasteiger partial charge in [-0.05, 0) is 36.4 Å². The molecule has 18 heavy (non-hydrogen) atoms. The Bertz CT molecular complexity index is 635. The van der Waals surface area contributed by atoms with Crippen LogP contribution in [0.25, 0.3) is 0 Å². The molecule has 0 unspecified atom stereocenters. The van der Waals surface area contributed by atoms with Gasteiger partial charge in [-0.15, -0.1) is 11.3 Å². The van der Waals surface area contributed by atoms with E-state index in [2.05, 4.69) is 10.0 Å². The number of nitrogens with one attached hydrogen (secondary N) is 2. The molecule has 96 valence electrons. The van der Waals surface area contributed by atoms with Crippen molar-refractivity contribution in [3.05, 3.63) is 40.7 Å². The van der Waals surface area contributed by atoms with E-state index in [0.29, 0.717) is 10.0 Å². The molecule has 0 aliphatic rings. The predicted molar refractivity (Wildman–Crippen MR) is 76.1 cm³/mol. The van der Waals surface area contributed by atoms with E-state index in [1.807, 2.05) is 0 Å². The van der Waals surface area contributed by atoms with Gasteiger partial charge in [-0.25, -0.2) is 8.42 Å². The lowest BCUT2D eigenvalue weighted by molar-refractivity contribution is 0.603. The monoisotopic (exact) mass is 302 g/mol. The summed E-state index contributed by atoms with van der Waals surface area (Å²) in [6.45, 7) is 0. The Labute approximate surface area is 115 Å². The average Bonchev–Trinajstić information content (AvgIpc) is 2.77. The van der Waals surface area contributed by atoms with E-state index in [1.54, 1.807) is 37.4 Å². The van der Waals surface area contributed by atoms with Crippen LogP contribution in [0, 0.1) is 0 Å². The van der Waals surface area contributed by atoms with Gasteiger partial charge in [-0.2, -0.15) is 0 Å². The van der Waals surface area contributed by atoms with Crippen molar-refractivity contribution in [3.8, 4) is 0 Å². The molecular formula is C11H11ClN2O2S2. The summed E-state index contributed by atoms with van der Waals surface area (Å²) >= 11 is 6.75. The minimum atomic E-state index is -3.55. The number of thiophene rings is 1. The molecule has 0 aliphatic heterocycles. The van der Waals surface area contributed by atoms with E-state index in [0.717, 1.165) is 17.0 Å². The lowest BCUT2D eigenvalue weighted by Crippen LogP contribution is -2.11. The molecule has 7 heteroatoms. The standard InChI is InChI=1S/C11H11ClN2O2S2/c1-13-8-2-4-9(5-3-8)14-18(15,16)11-7-6-10(12)17-11/h2-7,13-14H,1H3. The molecule has 2 N–H and O–H groups in total. The zero-order valence-corrected chi connectivity index (χ0v) is 11.9. The zero-order chi connectivity index (χ0) is 13.2. The van der Waals surface area contributed by atoms with Crippen LogP contribution >= 0.6 is 22.9 Å². The van der Waals surface area contributed by atoms with E-state index >= 15 is 0 Å². The number of hydrogen-bond acceptors (Lipinski definition) is 4. The largest absolute Gasteiger partial charge is 0.388 e. The normalized spacial score (nSPS) is 11.2. The van der Waals surface area contributed by atoms with Gasteiger partial charge in [0.15, 0.2) is 0 Å². The third-order valence-electron chi connectivity index (χ3n) is 2.24. The molecule has 1 heterocycles. The molecule has 1 aromatic heterocycles. The highest BCUT2D eigenvalue weighted by atomic mass is 35.5. The second-order valence-electron chi connectivity index (χ2n) is 3.49. The number of benzene rings is 1. The van der Waals surface area contributed by atoms with Gasteiger partial charge in [-0.1, -0.05) is 11.6 Å². The van der Waals surface area contributed by atoms with E-state index in [1.165, 1.54) is 6.07 Å². The molecular weight excluding hydrogens is 292 g/mol. The minimum absolute atomic E-state index is 0.199. The second-order valence-corrected chi connectivity index (χ2v) is 7.12. The highest BCUT2D eigenvalue weighted by Gasteiger charge is 2.16. The Kier molecular flexibility index (Phi) is 3.79. The second kappa shape index (κ2) is 5.17. The van der Waals surface area contributed by atoms with E-state index < -0.39 is 10.0 Å². The van der Waals surface area contributed by atoms with Crippen LogP contribution in [0.5, 0.6) is 0 Å². The van der Waals surface area contributed by atoms with Crippen molar-refractivity contribution in [2.24, 2.45) is 0 Å². The average molecular weight is 303 g/mol. The van der Waals surface area contributed by atoms with Crippen LogP contribution < -0.4 is 10.0 Å². The van der Waals surface area contributed by atoms with Crippen molar-refractivity contribution >= 4 is 44.3 Å². The van der Waals surface area contributed by atoms with Gasteiger partial charge in [0.1, 0.15) is 4.21 Å². The fraction of sp³-hybridized carbons (Fsp3) is 0.0909. The van der Waals surface area contributed by atoms with E-state index in [4.69, 9.17) is 11.6 Å². The van der Waals surface area contributed by atoms with Crippen molar-refractivity contribution in [1.29, 1.82) is 0 Å². The Morgan fingerprint density at radius 2 is 1.67 bits per heavy atom. The molecule has 0 radical (unpaired) electrons. The molecule has 0 spiro atoms. The maximum absolute atomic E-state index is 12.0. The van der Waals surface area contributed by atoms with Crippen molar-refractivity contribution in [2.45, 2.75) is 4.21 Å². The van der Waals surface area contributed by atoms with Gasteiger partial charge >= 0.3 is 0 Å².